The van der Waals surface area contributed by atoms with Crippen molar-refractivity contribution in [2.75, 3.05) is 13.2 Å². The smallest absolute Gasteiger partial charge is 0.256 e. The summed E-state index contributed by atoms with van der Waals surface area (Å²) < 4.78 is 24.7. The van der Waals surface area contributed by atoms with Gasteiger partial charge in [-0.1, -0.05) is 18.2 Å². The fraction of sp³-hybridized carbons (Fsp3) is 0.368. The van der Waals surface area contributed by atoms with Gasteiger partial charge in [-0.15, -0.1) is 0 Å². The second-order valence-electron chi connectivity index (χ2n) is 5.95. The van der Waals surface area contributed by atoms with Gasteiger partial charge in [-0.2, -0.15) is 0 Å². The Hall–Kier alpha value is -2.47. The van der Waals surface area contributed by atoms with Crippen molar-refractivity contribution in [1.82, 2.24) is 10.3 Å². The first-order valence-electron chi connectivity index (χ1n) is 8.44. The summed E-state index contributed by atoms with van der Waals surface area (Å²) in [6.07, 6.45) is 4.15. The molecule has 5 nitrogen and oxygen atoms in total. The highest BCUT2D eigenvalue weighted by atomic mass is 19.1. The number of ether oxygens (including phenoxy) is 2. The molecule has 1 aromatic heterocycles. The molecule has 25 heavy (non-hydrogen) atoms. The van der Waals surface area contributed by atoms with Gasteiger partial charge in [0, 0.05) is 31.0 Å². The van der Waals surface area contributed by atoms with Gasteiger partial charge >= 0.3 is 0 Å². The Morgan fingerprint density at radius 1 is 1.24 bits per heavy atom. The molecule has 0 bridgehead atoms. The molecule has 1 aromatic carbocycles. The average Bonchev–Trinajstić information content (AvgIpc) is 2.90. The molecule has 2 aromatic rings. The van der Waals surface area contributed by atoms with Crippen LogP contribution in [0.5, 0.6) is 5.88 Å². The Bertz CT molecular complexity index is 715. The van der Waals surface area contributed by atoms with Crippen LogP contribution in [0.1, 0.15) is 35.2 Å². The minimum Gasteiger partial charge on any atom is -0.472 e. The molecule has 1 fully saturated rings. The van der Waals surface area contributed by atoms with Crippen LogP contribution < -0.4 is 10.1 Å². The maximum absolute atomic E-state index is 13.7. The lowest BCUT2D eigenvalue weighted by molar-refractivity contribution is 0.0924. The van der Waals surface area contributed by atoms with E-state index in [4.69, 9.17) is 9.47 Å². The predicted octanol–water partition coefficient (Wildman–Crippen LogP) is 3.10. The van der Waals surface area contributed by atoms with Crippen LogP contribution in [0.3, 0.4) is 0 Å². The number of pyridine rings is 1. The van der Waals surface area contributed by atoms with Gasteiger partial charge in [-0.05, 0) is 37.5 Å². The van der Waals surface area contributed by atoms with Crippen molar-refractivity contribution >= 4 is 5.91 Å². The molecule has 1 N–H and O–H groups in total. The van der Waals surface area contributed by atoms with E-state index in [2.05, 4.69) is 10.3 Å². The summed E-state index contributed by atoms with van der Waals surface area (Å²) in [6, 6.07) is 9.79. The van der Waals surface area contributed by atoms with Crippen molar-refractivity contribution in [2.24, 2.45) is 0 Å². The summed E-state index contributed by atoms with van der Waals surface area (Å²) in [7, 11) is 0. The molecule has 0 unspecified atom stereocenters. The summed E-state index contributed by atoms with van der Waals surface area (Å²) in [5, 5.41) is 3.01. The molecule has 1 aliphatic rings. The quantitative estimate of drug-likeness (QED) is 0.905. The molecule has 2 heterocycles. The van der Waals surface area contributed by atoms with E-state index < -0.39 is 0 Å². The number of hydrogen-bond acceptors (Lipinski definition) is 4. The van der Waals surface area contributed by atoms with Crippen molar-refractivity contribution in [3.8, 4) is 5.88 Å². The van der Waals surface area contributed by atoms with Gasteiger partial charge < -0.3 is 14.8 Å². The number of benzene rings is 1. The van der Waals surface area contributed by atoms with Crippen LogP contribution in [-0.2, 0) is 11.3 Å². The lowest BCUT2D eigenvalue weighted by atomic mass is 10.1. The Labute approximate surface area is 146 Å². The minimum atomic E-state index is -0.345. The van der Waals surface area contributed by atoms with E-state index in [1.54, 1.807) is 36.5 Å². The van der Waals surface area contributed by atoms with E-state index >= 15 is 0 Å². The predicted molar refractivity (Wildman–Crippen MR) is 90.9 cm³/mol. The van der Waals surface area contributed by atoms with Crippen LogP contribution in [0.25, 0.3) is 0 Å². The van der Waals surface area contributed by atoms with Gasteiger partial charge in [0.05, 0.1) is 0 Å². The normalized spacial score (nSPS) is 17.6. The van der Waals surface area contributed by atoms with E-state index in [0.29, 0.717) is 17.7 Å². The molecular formula is C19H21FN2O3. The molecule has 1 saturated heterocycles. The number of nitrogens with zero attached hydrogens (tertiary/aromatic N) is 1. The van der Waals surface area contributed by atoms with Crippen molar-refractivity contribution < 1.29 is 18.7 Å². The van der Waals surface area contributed by atoms with Gasteiger partial charge in [-0.3, -0.25) is 4.79 Å². The largest absolute Gasteiger partial charge is 0.472 e. The van der Waals surface area contributed by atoms with Crippen molar-refractivity contribution in [1.29, 1.82) is 0 Å². The number of carbonyl (C=O) groups excluding carboxylic acids is 1. The summed E-state index contributed by atoms with van der Waals surface area (Å²) in [4.78, 5) is 16.7. The standard InChI is InChI=1S/C19H21FN2O3/c20-17-8-2-1-5-14(17)13-25-19-16(7-3-10-21-19)18(23)22-15-6-4-11-24-12-9-15/h1-3,5,7-8,10,15H,4,6,9,11-13H2,(H,22,23)/t15-/m1/s1. The summed E-state index contributed by atoms with van der Waals surface area (Å²) in [5.74, 6) is -0.375. The fourth-order valence-corrected chi connectivity index (χ4v) is 2.75. The molecule has 1 atom stereocenters. The maximum Gasteiger partial charge on any atom is 0.256 e. The first kappa shape index (κ1) is 17.4. The van der Waals surface area contributed by atoms with E-state index in [1.165, 1.54) is 6.07 Å². The highest BCUT2D eigenvalue weighted by Crippen LogP contribution is 2.18. The Balaban J connectivity index is 1.67. The Kier molecular flexibility index (Phi) is 5.95. The lowest BCUT2D eigenvalue weighted by Gasteiger charge is -2.17. The van der Waals surface area contributed by atoms with E-state index in [1.807, 2.05) is 0 Å². The zero-order valence-corrected chi connectivity index (χ0v) is 13.9. The molecule has 0 spiro atoms. The second kappa shape index (κ2) is 8.58. The van der Waals surface area contributed by atoms with Crippen LogP contribution in [0.2, 0.25) is 0 Å². The third kappa shape index (κ3) is 4.76. The highest BCUT2D eigenvalue weighted by molar-refractivity contribution is 5.96. The zero-order valence-electron chi connectivity index (χ0n) is 13.9. The van der Waals surface area contributed by atoms with Gasteiger partial charge in [0.15, 0.2) is 0 Å². The van der Waals surface area contributed by atoms with Gasteiger partial charge in [0.1, 0.15) is 18.0 Å². The van der Waals surface area contributed by atoms with E-state index in [0.717, 1.165) is 25.9 Å². The first-order chi connectivity index (χ1) is 12.2. The summed E-state index contributed by atoms with van der Waals surface area (Å²) in [6.45, 7) is 1.39. The van der Waals surface area contributed by atoms with Crippen LogP contribution in [0, 0.1) is 5.82 Å². The number of aromatic nitrogens is 1. The van der Waals surface area contributed by atoms with Crippen LogP contribution in [-0.4, -0.2) is 30.1 Å². The minimum absolute atomic E-state index is 0.0151. The summed E-state index contributed by atoms with van der Waals surface area (Å²) >= 11 is 0. The van der Waals surface area contributed by atoms with Crippen LogP contribution >= 0.6 is 0 Å². The second-order valence-corrected chi connectivity index (χ2v) is 5.95. The molecule has 0 saturated carbocycles. The zero-order chi connectivity index (χ0) is 17.5. The van der Waals surface area contributed by atoms with E-state index in [9.17, 15) is 9.18 Å². The molecule has 0 radical (unpaired) electrons. The van der Waals surface area contributed by atoms with Gasteiger partial charge in [-0.25, -0.2) is 9.37 Å². The molecule has 6 heteroatoms. The highest BCUT2D eigenvalue weighted by Gasteiger charge is 2.19. The summed E-state index contributed by atoms with van der Waals surface area (Å²) in [5.41, 5.74) is 0.768. The monoisotopic (exact) mass is 344 g/mol. The topological polar surface area (TPSA) is 60.5 Å². The molecule has 1 aliphatic heterocycles. The average molecular weight is 344 g/mol. The number of nitrogens with one attached hydrogen (secondary N) is 1. The molecule has 0 aliphatic carbocycles. The Morgan fingerprint density at radius 3 is 3.00 bits per heavy atom. The fourth-order valence-electron chi connectivity index (χ4n) is 2.75. The third-order valence-corrected chi connectivity index (χ3v) is 4.13. The van der Waals surface area contributed by atoms with Gasteiger partial charge in [0.2, 0.25) is 5.88 Å². The number of amides is 1. The van der Waals surface area contributed by atoms with Crippen LogP contribution in [0.15, 0.2) is 42.6 Å². The molecule has 1 amide bonds. The molecule has 132 valence electrons. The number of carbonyl (C=O) groups is 1. The van der Waals surface area contributed by atoms with Crippen molar-refractivity contribution in [3.05, 3.63) is 59.5 Å². The Morgan fingerprint density at radius 2 is 2.12 bits per heavy atom. The lowest BCUT2D eigenvalue weighted by Crippen LogP contribution is -2.35. The van der Waals surface area contributed by atoms with Crippen molar-refractivity contribution in [3.63, 3.8) is 0 Å². The first-order valence-corrected chi connectivity index (χ1v) is 8.44. The van der Waals surface area contributed by atoms with Crippen molar-refractivity contribution in [2.45, 2.75) is 31.9 Å². The van der Waals surface area contributed by atoms with E-state index in [-0.39, 0.29) is 30.3 Å². The number of rotatable bonds is 5. The molecular weight excluding hydrogens is 323 g/mol. The van der Waals surface area contributed by atoms with Crippen LogP contribution in [0.4, 0.5) is 4.39 Å². The number of halogens is 1. The maximum atomic E-state index is 13.7. The van der Waals surface area contributed by atoms with Gasteiger partial charge in [0.25, 0.3) is 5.91 Å². The SMILES string of the molecule is O=C(N[C@@H]1CCCOCC1)c1cccnc1OCc1ccccc1F. The number of hydrogen-bond donors (Lipinski definition) is 1. The third-order valence-electron chi connectivity index (χ3n) is 4.13. The molecule has 3 rings (SSSR count).